The van der Waals surface area contributed by atoms with E-state index in [9.17, 15) is 0 Å². The van der Waals surface area contributed by atoms with Gasteiger partial charge in [-0.2, -0.15) is 0 Å². The summed E-state index contributed by atoms with van der Waals surface area (Å²) >= 11 is 7.06. The topological polar surface area (TPSA) is 29.3 Å². The molecule has 0 aromatic heterocycles. The molecule has 1 aromatic rings. The number of benzene rings is 1. The number of piperidine rings is 1. The Hall–Kier alpha value is -0.0600. The van der Waals surface area contributed by atoms with Crippen molar-refractivity contribution >= 4 is 37.5 Å². The maximum absolute atomic E-state index is 5.89. The quantitative estimate of drug-likeness (QED) is 0.855. The van der Waals surface area contributed by atoms with E-state index in [1.165, 1.54) is 5.69 Å². The van der Waals surface area contributed by atoms with Crippen molar-refractivity contribution < 1.29 is 0 Å². The molecule has 2 nitrogen and oxygen atoms in total. The van der Waals surface area contributed by atoms with Gasteiger partial charge in [0.1, 0.15) is 0 Å². The number of halogens is 2. The monoisotopic (exact) mass is 332 g/mol. The number of hydrogen-bond donors (Lipinski definition) is 1. The van der Waals surface area contributed by atoms with E-state index in [2.05, 4.69) is 55.0 Å². The molecule has 82 valence electrons. The molecule has 0 bridgehead atoms. The summed E-state index contributed by atoms with van der Waals surface area (Å²) in [6.45, 7) is 2.11. The first-order valence-corrected chi connectivity index (χ1v) is 6.71. The van der Waals surface area contributed by atoms with Gasteiger partial charge in [0, 0.05) is 28.1 Å². The lowest BCUT2D eigenvalue weighted by Crippen LogP contribution is -2.39. The minimum absolute atomic E-state index is 0.385. The van der Waals surface area contributed by atoms with Crippen LogP contribution in [-0.2, 0) is 0 Å². The van der Waals surface area contributed by atoms with Gasteiger partial charge in [-0.25, -0.2) is 0 Å². The third-order valence-corrected chi connectivity index (χ3v) is 3.92. The Morgan fingerprint density at radius 3 is 2.47 bits per heavy atom. The smallest absolute Gasteiger partial charge is 0.0511 e. The van der Waals surface area contributed by atoms with E-state index in [1.54, 1.807) is 0 Å². The van der Waals surface area contributed by atoms with Gasteiger partial charge in [0.2, 0.25) is 0 Å². The summed E-state index contributed by atoms with van der Waals surface area (Å²) in [5.74, 6) is 0. The fraction of sp³-hybridized carbons (Fsp3) is 0.455. The van der Waals surface area contributed by atoms with Crippen molar-refractivity contribution in [3.8, 4) is 0 Å². The SMILES string of the molecule is NC1CCN(c2ccc(Br)cc2Br)CC1. The first-order chi connectivity index (χ1) is 7.16. The van der Waals surface area contributed by atoms with Crippen molar-refractivity contribution in [2.24, 2.45) is 5.73 Å². The summed E-state index contributed by atoms with van der Waals surface area (Å²) in [6.07, 6.45) is 2.17. The maximum atomic E-state index is 5.89. The van der Waals surface area contributed by atoms with Crippen molar-refractivity contribution in [3.05, 3.63) is 27.1 Å². The molecule has 1 aliphatic heterocycles. The molecule has 1 saturated heterocycles. The third kappa shape index (κ3) is 2.74. The van der Waals surface area contributed by atoms with E-state index in [4.69, 9.17) is 5.73 Å². The number of nitrogens with two attached hydrogens (primary N) is 1. The lowest BCUT2D eigenvalue weighted by atomic mass is 10.1. The molecule has 0 unspecified atom stereocenters. The Morgan fingerprint density at radius 2 is 1.87 bits per heavy atom. The first kappa shape index (κ1) is 11.4. The van der Waals surface area contributed by atoms with Crippen molar-refractivity contribution in [3.63, 3.8) is 0 Å². The summed E-state index contributed by atoms with van der Waals surface area (Å²) in [5.41, 5.74) is 7.16. The van der Waals surface area contributed by atoms with Crippen LogP contribution >= 0.6 is 31.9 Å². The molecule has 4 heteroatoms. The molecule has 0 radical (unpaired) electrons. The van der Waals surface area contributed by atoms with E-state index in [0.717, 1.165) is 34.9 Å². The molecular weight excluding hydrogens is 320 g/mol. The average Bonchev–Trinajstić information content (AvgIpc) is 2.20. The molecule has 0 saturated carbocycles. The van der Waals surface area contributed by atoms with Gasteiger partial charge < -0.3 is 10.6 Å². The second-order valence-corrected chi connectivity index (χ2v) is 5.69. The van der Waals surface area contributed by atoms with Crippen molar-refractivity contribution in [2.75, 3.05) is 18.0 Å². The Morgan fingerprint density at radius 1 is 1.20 bits per heavy atom. The molecule has 15 heavy (non-hydrogen) atoms. The van der Waals surface area contributed by atoms with E-state index >= 15 is 0 Å². The summed E-state index contributed by atoms with van der Waals surface area (Å²) in [5, 5.41) is 0. The molecule has 0 aliphatic carbocycles. The predicted octanol–water partition coefficient (Wildman–Crippen LogP) is 3.14. The highest BCUT2D eigenvalue weighted by Gasteiger charge is 2.17. The Kier molecular flexibility index (Phi) is 3.69. The zero-order valence-electron chi connectivity index (χ0n) is 8.42. The molecule has 1 aromatic carbocycles. The predicted molar refractivity (Wildman–Crippen MR) is 71.3 cm³/mol. The molecule has 0 atom stereocenters. The van der Waals surface area contributed by atoms with E-state index < -0.39 is 0 Å². The van der Waals surface area contributed by atoms with Crippen LogP contribution in [0.2, 0.25) is 0 Å². The van der Waals surface area contributed by atoms with Crippen LogP contribution in [0.4, 0.5) is 5.69 Å². The van der Waals surface area contributed by atoms with E-state index in [-0.39, 0.29) is 0 Å². The first-order valence-electron chi connectivity index (χ1n) is 5.12. The van der Waals surface area contributed by atoms with Gasteiger partial charge in [-0.05, 0) is 47.0 Å². The number of hydrogen-bond acceptors (Lipinski definition) is 2. The Labute approximate surface area is 107 Å². The lowest BCUT2D eigenvalue weighted by molar-refractivity contribution is 0.501. The Balaban J connectivity index is 2.15. The fourth-order valence-corrected chi connectivity index (χ4v) is 3.18. The summed E-state index contributed by atoms with van der Waals surface area (Å²) in [4.78, 5) is 2.39. The lowest BCUT2D eigenvalue weighted by Gasteiger charge is -2.32. The highest BCUT2D eigenvalue weighted by atomic mass is 79.9. The molecule has 1 aliphatic rings. The molecule has 2 rings (SSSR count). The number of anilines is 1. The fourth-order valence-electron chi connectivity index (χ4n) is 1.88. The van der Waals surface area contributed by atoms with Gasteiger partial charge >= 0.3 is 0 Å². The van der Waals surface area contributed by atoms with Gasteiger partial charge in [0.15, 0.2) is 0 Å². The maximum Gasteiger partial charge on any atom is 0.0511 e. The minimum Gasteiger partial charge on any atom is -0.371 e. The molecule has 0 amide bonds. The van der Waals surface area contributed by atoms with Crippen molar-refractivity contribution in [1.82, 2.24) is 0 Å². The highest BCUT2D eigenvalue weighted by molar-refractivity contribution is 9.11. The molecule has 0 spiro atoms. The minimum atomic E-state index is 0.385. The van der Waals surface area contributed by atoms with Crippen LogP contribution in [0.1, 0.15) is 12.8 Å². The summed E-state index contributed by atoms with van der Waals surface area (Å²) in [7, 11) is 0. The Bertz CT molecular complexity index is 346. The van der Waals surface area contributed by atoms with Crippen LogP contribution in [0, 0.1) is 0 Å². The average molecular weight is 334 g/mol. The van der Waals surface area contributed by atoms with E-state index in [0.29, 0.717) is 6.04 Å². The summed E-state index contributed by atoms with van der Waals surface area (Å²) < 4.78 is 2.25. The molecular formula is C11H14Br2N2. The largest absolute Gasteiger partial charge is 0.371 e. The van der Waals surface area contributed by atoms with Gasteiger partial charge in [-0.15, -0.1) is 0 Å². The second-order valence-electron chi connectivity index (χ2n) is 3.92. The van der Waals surface area contributed by atoms with Crippen molar-refractivity contribution in [2.45, 2.75) is 18.9 Å². The van der Waals surface area contributed by atoms with Crippen LogP contribution in [0.25, 0.3) is 0 Å². The zero-order chi connectivity index (χ0) is 10.8. The van der Waals surface area contributed by atoms with Gasteiger partial charge in [0.05, 0.1) is 5.69 Å². The number of rotatable bonds is 1. The van der Waals surface area contributed by atoms with E-state index in [1.807, 2.05) is 0 Å². The highest BCUT2D eigenvalue weighted by Crippen LogP contribution is 2.30. The normalized spacial score (nSPS) is 18.2. The van der Waals surface area contributed by atoms with Crippen LogP contribution < -0.4 is 10.6 Å². The van der Waals surface area contributed by atoms with Crippen LogP contribution in [-0.4, -0.2) is 19.1 Å². The molecule has 1 heterocycles. The second kappa shape index (κ2) is 4.85. The van der Waals surface area contributed by atoms with Gasteiger partial charge in [0.25, 0.3) is 0 Å². The van der Waals surface area contributed by atoms with Gasteiger partial charge in [-0.3, -0.25) is 0 Å². The van der Waals surface area contributed by atoms with Crippen LogP contribution in [0.3, 0.4) is 0 Å². The van der Waals surface area contributed by atoms with Crippen LogP contribution in [0.15, 0.2) is 27.1 Å². The molecule has 1 fully saturated rings. The number of nitrogens with zero attached hydrogens (tertiary/aromatic N) is 1. The zero-order valence-corrected chi connectivity index (χ0v) is 11.6. The van der Waals surface area contributed by atoms with Crippen molar-refractivity contribution in [1.29, 1.82) is 0 Å². The standard InChI is InChI=1S/C11H14Br2N2/c12-8-1-2-11(10(13)7-8)15-5-3-9(14)4-6-15/h1-2,7,9H,3-6,14H2. The summed E-state index contributed by atoms with van der Waals surface area (Å²) in [6, 6.07) is 6.69. The van der Waals surface area contributed by atoms with Gasteiger partial charge in [-0.1, -0.05) is 15.9 Å². The van der Waals surface area contributed by atoms with Crippen LogP contribution in [0.5, 0.6) is 0 Å². The molecule has 2 N–H and O–H groups in total. The third-order valence-electron chi connectivity index (χ3n) is 2.79.